The fraction of sp³-hybridized carbons (Fsp3) is 0.600. The zero-order valence-corrected chi connectivity index (χ0v) is 10.7. The van der Waals surface area contributed by atoms with Gasteiger partial charge < -0.3 is 10.4 Å². The van der Waals surface area contributed by atoms with Crippen LogP contribution >= 0.6 is 0 Å². The summed E-state index contributed by atoms with van der Waals surface area (Å²) in [6.45, 7) is 0.552. The minimum Gasteiger partial charge on any atom is -0.387 e. The first-order chi connectivity index (χ1) is 8.75. The Morgan fingerprint density at radius 1 is 1.11 bits per heavy atom. The van der Waals surface area contributed by atoms with Gasteiger partial charge in [0.2, 0.25) is 0 Å². The second kappa shape index (κ2) is 6.86. The van der Waals surface area contributed by atoms with E-state index in [0.717, 1.165) is 5.56 Å². The molecule has 2 nitrogen and oxygen atoms in total. The molecule has 0 heterocycles. The van der Waals surface area contributed by atoms with Crippen LogP contribution in [0.15, 0.2) is 24.3 Å². The number of hydrogen-bond donors (Lipinski definition) is 2. The van der Waals surface area contributed by atoms with Crippen molar-refractivity contribution in [2.45, 2.75) is 50.7 Å². The highest BCUT2D eigenvalue weighted by Crippen LogP contribution is 2.18. The molecule has 2 N–H and O–H groups in total. The zero-order valence-electron chi connectivity index (χ0n) is 10.7. The zero-order chi connectivity index (χ0) is 12.8. The lowest BCUT2D eigenvalue weighted by molar-refractivity contribution is 0.168. The second-order valence-electron chi connectivity index (χ2n) is 5.16. The van der Waals surface area contributed by atoms with Gasteiger partial charge in [0, 0.05) is 12.6 Å². The molecule has 1 saturated carbocycles. The molecule has 1 aromatic rings. The maximum absolute atomic E-state index is 12.8. The van der Waals surface area contributed by atoms with Crippen molar-refractivity contribution in [1.29, 1.82) is 0 Å². The number of benzene rings is 1. The maximum Gasteiger partial charge on any atom is 0.123 e. The van der Waals surface area contributed by atoms with Gasteiger partial charge in [-0.05, 0) is 30.5 Å². The molecule has 100 valence electrons. The Morgan fingerprint density at radius 2 is 1.72 bits per heavy atom. The number of hydrogen-bond acceptors (Lipinski definition) is 2. The van der Waals surface area contributed by atoms with E-state index in [9.17, 15) is 9.50 Å². The summed E-state index contributed by atoms with van der Waals surface area (Å²) in [5, 5.41) is 13.5. The minimum absolute atomic E-state index is 0.261. The summed E-state index contributed by atoms with van der Waals surface area (Å²) in [4.78, 5) is 0. The summed E-state index contributed by atoms with van der Waals surface area (Å²) in [6.07, 6.45) is 7.09. The molecule has 1 aromatic carbocycles. The molecule has 1 fully saturated rings. The molecule has 2 rings (SSSR count). The van der Waals surface area contributed by atoms with Crippen molar-refractivity contribution in [2.75, 3.05) is 6.54 Å². The first-order valence-corrected chi connectivity index (χ1v) is 6.92. The van der Waals surface area contributed by atoms with Crippen LogP contribution in [-0.2, 0) is 0 Å². The van der Waals surface area contributed by atoms with Gasteiger partial charge in [-0.2, -0.15) is 0 Å². The van der Waals surface area contributed by atoms with Crippen molar-refractivity contribution in [1.82, 2.24) is 5.32 Å². The Hall–Kier alpha value is -0.930. The highest BCUT2D eigenvalue weighted by atomic mass is 19.1. The molecule has 0 saturated heterocycles. The van der Waals surface area contributed by atoms with Crippen molar-refractivity contribution in [3.63, 3.8) is 0 Å². The molecule has 1 unspecified atom stereocenters. The van der Waals surface area contributed by atoms with Gasteiger partial charge in [0.05, 0.1) is 6.10 Å². The van der Waals surface area contributed by atoms with E-state index in [-0.39, 0.29) is 5.82 Å². The van der Waals surface area contributed by atoms with Crippen LogP contribution in [0.5, 0.6) is 0 Å². The molecule has 0 aromatic heterocycles. The molecule has 0 amide bonds. The fourth-order valence-electron chi connectivity index (χ4n) is 2.56. The largest absolute Gasteiger partial charge is 0.387 e. The van der Waals surface area contributed by atoms with Gasteiger partial charge in [0.1, 0.15) is 5.82 Å². The average molecular weight is 251 g/mol. The van der Waals surface area contributed by atoms with E-state index in [1.165, 1.54) is 50.7 Å². The van der Waals surface area contributed by atoms with Crippen LogP contribution < -0.4 is 5.32 Å². The quantitative estimate of drug-likeness (QED) is 0.806. The second-order valence-corrected chi connectivity index (χ2v) is 5.16. The Balaban J connectivity index is 1.80. The molecular weight excluding hydrogens is 229 g/mol. The van der Waals surface area contributed by atoms with Gasteiger partial charge in [-0.3, -0.25) is 0 Å². The third-order valence-corrected chi connectivity index (χ3v) is 3.71. The van der Waals surface area contributed by atoms with Crippen molar-refractivity contribution < 1.29 is 9.50 Å². The van der Waals surface area contributed by atoms with E-state index in [1.807, 2.05) is 0 Å². The lowest BCUT2D eigenvalue weighted by Crippen LogP contribution is -2.32. The summed E-state index contributed by atoms with van der Waals surface area (Å²) in [6, 6.07) is 6.61. The molecule has 18 heavy (non-hydrogen) atoms. The Kier molecular flexibility index (Phi) is 5.14. The predicted molar refractivity (Wildman–Crippen MR) is 70.9 cm³/mol. The highest BCUT2D eigenvalue weighted by Gasteiger charge is 2.14. The third-order valence-electron chi connectivity index (χ3n) is 3.71. The Labute approximate surface area is 108 Å². The number of halogens is 1. The van der Waals surface area contributed by atoms with Crippen LogP contribution in [0, 0.1) is 5.82 Å². The standard InChI is InChI=1S/C15H22FNO/c16-13-9-7-12(8-10-13)15(18)11-17-14-5-3-1-2-4-6-14/h7-10,14-15,17-18H,1-6,11H2. The van der Waals surface area contributed by atoms with Crippen molar-refractivity contribution in [2.24, 2.45) is 0 Å². The van der Waals surface area contributed by atoms with E-state index in [1.54, 1.807) is 12.1 Å². The van der Waals surface area contributed by atoms with Gasteiger partial charge in [-0.15, -0.1) is 0 Å². The van der Waals surface area contributed by atoms with E-state index >= 15 is 0 Å². The van der Waals surface area contributed by atoms with Crippen LogP contribution in [0.25, 0.3) is 0 Å². The third kappa shape index (κ3) is 4.07. The van der Waals surface area contributed by atoms with Crippen molar-refractivity contribution >= 4 is 0 Å². The molecule has 1 aliphatic carbocycles. The smallest absolute Gasteiger partial charge is 0.123 e. The first-order valence-electron chi connectivity index (χ1n) is 6.92. The number of nitrogens with one attached hydrogen (secondary N) is 1. The van der Waals surface area contributed by atoms with Crippen LogP contribution in [0.3, 0.4) is 0 Å². The molecular formula is C15H22FNO. The van der Waals surface area contributed by atoms with E-state index in [0.29, 0.717) is 12.6 Å². The molecule has 0 spiro atoms. The summed E-state index contributed by atoms with van der Waals surface area (Å²) >= 11 is 0. The monoisotopic (exact) mass is 251 g/mol. The van der Waals surface area contributed by atoms with Gasteiger partial charge >= 0.3 is 0 Å². The molecule has 1 atom stereocenters. The van der Waals surface area contributed by atoms with Crippen LogP contribution in [0.4, 0.5) is 4.39 Å². The van der Waals surface area contributed by atoms with Crippen LogP contribution in [-0.4, -0.2) is 17.7 Å². The normalized spacial score (nSPS) is 19.4. The first kappa shape index (κ1) is 13.5. The highest BCUT2D eigenvalue weighted by molar-refractivity contribution is 5.18. The summed E-state index contributed by atoms with van der Waals surface area (Å²) in [5.41, 5.74) is 0.775. The SMILES string of the molecule is OC(CNC1CCCCCC1)c1ccc(F)cc1. The molecule has 1 aliphatic rings. The van der Waals surface area contributed by atoms with Crippen LogP contribution in [0.1, 0.15) is 50.2 Å². The van der Waals surface area contributed by atoms with Crippen molar-refractivity contribution in [3.8, 4) is 0 Å². The topological polar surface area (TPSA) is 32.3 Å². The van der Waals surface area contributed by atoms with Gasteiger partial charge in [0.25, 0.3) is 0 Å². The van der Waals surface area contributed by atoms with Gasteiger partial charge in [-0.25, -0.2) is 4.39 Å². The van der Waals surface area contributed by atoms with E-state index in [2.05, 4.69) is 5.32 Å². The molecule has 3 heteroatoms. The fourth-order valence-corrected chi connectivity index (χ4v) is 2.56. The molecule has 0 bridgehead atoms. The van der Waals surface area contributed by atoms with E-state index in [4.69, 9.17) is 0 Å². The lowest BCUT2D eigenvalue weighted by Gasteiger charge is -2.19. The van der Waals surface area contributed by atoms with Crippen molar-refractivity contribution in [3.05, 3.63) is 35.6 Å². The predicted octanol–water partition coefficient (Wildman–Crippen LogP) is 3.17. The van der Waals surface area contributed by atoms with Gasteiger partial charge in [-0.1, -0.05) is 37.8 Å². The molecule has 0 aliphatic heterocycles. The maximum atomic E-state index is 12.8. The summed E-state index contributed by atoms with van der Waals surface area (Å²) in [7, 11) is 0. The van der Waals surface area contributed by atoms with Gasteiger partial charge in [0.15, 0.2) is 0 Å². The summed E-state index contributed by atoms with van der Waals surface area (Å²) in [5.74, 6) is -0.261. The Morgan fingerprint density at radius 3 is 2.33 bits per heavy atom. The Bertz CT molecular complexity index is 344. The molecule has 0 radical (unpaired) electrons. The lowest BCUT2D eigenvalue weighted by atomic mass is 10.1. The van der Waals surface area contributed by atoms with Crippen LogP contribution in [0.2, 0.25) is 0 Å². The number of aliphatic hydroxyl groups is 1. The minimum atomic E-state index is -0.547. The van der Waals surface area contributed by atoms with E-state index < -0.39 is 6.10 Å². The summed E-state index contributed by atoms with van der Waals surface area (Å²) < 4.78 is 12.8. The number of rotatable bonds is 4. The average Bonchev–Trinajstić information content (AvgIpc) is 2.65. The number of aliphatic hydroxyl groups excluding tert-OH is 1.